The van der Waals surface area contributed by atoms with E-state index in [-0.39, 0.29) is 11.8 Å². The number of furan rings is 1. The zero-order chi connectivity index (χ0) is 14.7. The number of hydrogen-bond donors (Lipinski definition) is 2. The molecule has 3 rings (SSSR count). The Bertz CT molecular complexity index is 417. The van der Waals surface area contributed by atoms with Crippen LogP contribution in [-0.4, -0.2) is 36.2 Å². The largest absolute Gasteiger partial charge is 0.467 e. The van der Waals surface area contributed by atoms with Gasteiger partial charge in [0.2, 0.25) is 0 Å². The number of rotatable bonds is 5. The fraction of sp³-hybridized carbons (Fsp3) is 0.750. The van der Waals surface area contributed by atoms with Gasteiger partial charge in [0.25, 0.3) is 0 Å². The first kappa shape index (κ1) is 15.0. The predicted molar refractivity (Wildman–Crippen MR) is 77.8 cm³/mol. The average molecular weight is 295 g/mol. The van der Waals surface area contributed by atoms with E-state index in [4.69, 9.17) is 13.9 Å². The van der Waals surface area contributed by atoms with Crippen molar-refractivity contribution in [2.45, 2.75) is 63.0 Å². The summed E-state index contributed by atoms with van der Waals surface area (Å²) >= 11 is 0. The lowest BCUT2D eigenvalue weighted by Crippen LogP contribution is -2.45. The van der Waals surface area contributed by atoms with Crippen LogP contribution < -0.4 is 5.32 Å². The maximum Gasteiger partial charge on any atom is 0.168 e. The van der Waals surface area contributed by atoms with E-state index >= 15 is 0 Å². The third-order valence-corrected chi connectivity index (χ3v) is 4.53. The Kier molecular flexibility index (Phi) is 4.64. The molecule has 1 spiro atoms. The molecule has 2 unspecified atom stereocenters. The van der Waals surface area contributed by atoms with Gasteiger partial charge < -0.3 is 24.3 Å². The van der Waals surface area contributed by atoms with Crippen molar-refractivity contribution in [1.29, 1.82) is 0 Å². The second-order valence-corrected chi connectivity index (χ2v) is 6.22. The van der Waals surface area contributed by atoms with Crippen LogP contribution >= 0.6 is 0 Å². The summed E-state index contributed by atoms with van der Waals surface area (Å²) in [4.78, 5) is 0. The van der Waals surface area contributed by atoms with Crippen molar-refractivity contribution in [3.05, 3.63) is 24.2 Å². The fourth-order valence-electron chi connectivity index (χ4n) is 3.41. The van der Waals surface area contributed by atoms with E-state index in [0.29, 0.717) is 18.2 Å². The first-order chi connectivity index (χ1) is 10.2. The highest BCUT2D eigenvalue weighted by molar-refractivity contribution is 5.02. The maximum atomic E-state index is 10.1. The first-order valence-electron chi connectivity index (χ1n) is 7.92. The van der Waals surface area contributed by atoms with Crippen LogP contribution in [0.25, 0.3) is 0 Å². The Labute approximate surface area is 125 Å². The minimum atomic E-state index is -0.543. The molecule has 1 aromatic heterocycles. The van der Waals surface area contributed by atoms with Crippen molar-refractivity contribution < 1.29 is 19.0 Å². The Balaban J connectivity index is 1.42. The summed E-state index contributed by atoms with van der Waals surface area (Å²) in [6.07, 6.45) is 5.73. The van der Waals surface area contributed by atoms with Gasteiger partial charge >= 0.3 is 0 Å². The summed E-state index contributed by atoms with van der Waals surface area (Å²) in [5, 5.41) is 13.7. The zero-order valence-electron chi connectivity index (χ0n) is 12.6. The second kappa shape index (κ2) is 6.48. The van der Waals surface area contributed by atoms with Crippen LogP contribution in [0.4, 0.5) is 0 Å². The molecule has 1 aliphatic heterocycles. The number of aliphatic hydroxyl groups is 1. The minimum absolute atomic E-state index is 0.245. The molecule has 5 heteroatoms. The molecule has 2 N–H and O–H groups in total. The summed E-state index contributed by atoms with van der Waals surface area (Å²) in [5.41, 5.74) is 0. The Morgan fingerprint density at radius 3 is 2.67 bits per heavy atom. The van der Waals surface area contributed by atoms with E-state index in [2.05, 4.69) is 12.2 Å². The number of nitrogens with one attached hydrogen (secondary N) is 1. The van der Waals surface area contributed by atoms with E-state index in [1.54, 1.807) is 12.3 Å². The van der Waals surface area contributed by atoms with Crippen LogP contribution in [0.2, 0.25) is 0 Å². The molecular weight excluding hydrogens is 270 g/mol. The summed E-state index contributed by atoms with van der Waals surface area (Å²) < 4.78 is 16.7. The van der Waals surface area contributed by atoms with Gasteiger partial charge in [-0.25, -0.2) is 0 Å². The van der Waals surface area contributed by atoms with Crippen molar-refractivity contribution in [1.82, 2.24) is 5.32 Å². The minimum Gasteiger partial charge on any atom is -0.467 e. The predicted octanol–water partition coefficient (Wildman–Crippen LogP) is 2.37. The van der Waals surface area contributed by atoms with Crippen LogP contribution in [-0.2, 0) is 9.47 Å². The third-order valence-electron chi connectivity index (χ3n) is 4.53. The van der Waals surface area contributed by atoms with Crippen molar-refractivity contribution in [2.75, 3.05) is 13.2 Å². The lowest BCUT2D eigenvalue weighted by molar-refractivity contribution is -0.179. The van der Waals surface area contributed by atoms with Crippen LogP contribution in [0, 0.1) is 0 Å². The van der Waals surface area contributed by atoms with Crippen LogP contribution in [0.3, 0.4) is 0 Å². The quantitative estimate of drug-likeness (QED) is 0.873. The molecule has 118 valence electrons. The van der Waals surface area contributed by atoms with Gasteiger partial charge in [0, 0.05) is 24.9 Å². The van der Waals surface area contributed by atoms with Crippen LogP contribution in [0.15, 0.2) is 22.8 Å². The molecule has 1 aromatic rings. The number of hydrogen-bond acceptors (Lipinski definition) is 5. The maximum absolute atomic E-state index is 10.1. The molecule has 1 saturated heterocycles. The molecule has 21 heavy (non-hydrogen) atoms. The second-order valence-electron chi connectivity index (χ2n) is 6.22. The Morgan fingerprint density at radius 1 is 1.33 bits per heavy atom. The molecule has 1 aliphatic carbocycles. The van der Waals surface area contributed by atoms with Crippen molar-refractivity contribution in [3.63, 3.8) is 0 Å². The van der Waals surface area contributed by atoms with E-state index in [9.17, 15) is 5.11 Å². The van der Waals surface area contributed by atoms with Gasteiger partial charge in [0.15, 0.2) is 5.79 Å². The van der Waals surface area contributed by atoms with Gasteiger partial charge in [0.1, 0.15) is 11.9 Å². The molecule has 1 saturated carbocycles. The van der Waals surface area contributed by atoms with Crippen LogP contribution in [0.1, 0.15) is 50.9 Å². The van der Waals surface area contributed by atoms with E-state index in [1.165, 1.54) is 0 Å². The fourth-order valence-corrected chi connectivity index (χ4v) is 3.41. The van der Waals surface area contributed by atoms with Gasteiger partial charge in [-0.2, -0.15) is 0 Å². The van der Waals surface area contributed by atoms with Gasteiger partial charge in [0.05, 0.1) is 19.5 Å². The topological polar surface area (TPSA) is 63.9 Å². The SMILES string of the molecule is CC(CC(O)c1ccco1)NC1CCC2(CC1)OCCO2. The molecule has 2 heterocycles. The highest BCUT2D eigenvalue weighted by Gasteiger charge is 2.40. The molecule has 5 nitrogen and oxygen atoms in total. The van der Waals surface area contributed by atoms with E-state index in [1.807, 2.05) is 6.07 Å². The average Bonchev–Trinajstić information content (AvgIpc) is 3.14. The molecular formula is C16H25NO4. The molecule has 0 aromatic carbocycles. The monoisotopic (exact) mass is 295 g/mol. The smallest absolute Gasteiger partial charge is 0.168 e. The summed E-state index contributed by atoms with van der Waals surface area (Å²) in [7, 11) is 0. The van der Waals surface area contributed by atoms with Gasteiger partial charge in [-0.3, -0.25) is 0 Å². The van der Waals surface area contributed by atoms with Crippen molar-refractivity contribution in [2.24, 2.45) is 0 Å². The standard InChI is InChI=1S/C16H25NO4/c1-12(11-14(18)15-3-2-8-19-15)17-13-4-6-16(7-5-13)20-9-10-21-16/h2-3,8,12-14,17-18H,4-7,9-11H2,1H3. The van der Waals surface area contributed by atoms with Gasteiger partial charge in [-0.15, -0.1) is 0 Å². The third kappa shape index (κ3) is 3.66. The highest BCUT2D eigenvalue weighted by Crippen LogP contribution is 2.36. The van der Waals surface area contributed by atoms with Gasteiger partial charge in [-0.05, 0) is 38.3 Å². The molecule has 0 bridgehead atoms. The summed E-state index contributed by atoms with van der Waals surface area (Å²) in [6.45, 7) is 3.56. The van der Waals surface area contributed by atoms with Crippen molar-refractivity contribution >= 4 is 0 Å². The Hall–Kier alpha value is -0.880. The number of aliphatic hydroxyl groups excluding tert-OH is 1. The first-order valence-corrected chi connectivity index (χ1v) is 7.92. The lowest BCUT2D eigenvalue weighted by Gasteiger charge is -2.37. The summed E-state index contributed by atoms with van der Waals surface area (Å²) in [6, 6.07) is 4.34. The Morgan fingerprint density at radius 2 is 2.05 bits per heavy atom. The van der Waals surface area contributed by atoms with E-state index < -0.39 is 6.10 Å². The molecule has 2 fully saturated rings. The number of ether oxygens (including phenoxy) is 2. The van der Waals surface area contributed by atoms with Gasteiger partial charge in [-0.1, -0.05) is 0 Å². The lowest BCUT2D eigenvalue weighted by atomic mass is 9.89. The highest BCUT2D eigenvalue weighted by atomic mass is 16.7. The normalized spacial score (nSPS) is 25.2. The molecule has 2 aliphatic rings. The molecule has 0 radical (unpaired) electrons. The molecule has 0 amide bonds. The van der Waals surface area contributed by atoms with E-state index in [0.717, 1.165) is 38.9 Å². The zero-order valence-corrected chi connectivity index (χ0v) is 12.6. The summed E-state index contributed by atoms with van der Waals surface area (Å²) in [5.74, 6) is 0.341. The van der Waals surface area contributed by atoms with Crippen LogP contribution in [0.5, 0.6) is 0 Å². The molecule has 2 atom stereocenters. The van der Waals surface area contributed by atoms with Crippen molar-refractivity contribution in [3.8, 4) is 0 Å².